The summed E-state index contributed by atoms with van der Waals surface area (Å²) in [5, 5.41) is 0. The first-order valence-corrected chi connectivity index (χ1v) is 5.18. The van der Waals surface area contributed by atoms with Crippen molar-refractivity contribution in [3.63, 3.8) is 0 Å². The number of hydrogen-bond donors (Lipinski definition) is 1. The Morgan fingerprint density at radius 3 is 2.44 bits per heavy atom. The third kappa shape index (κ3) is 2.15. The minimum absolute atomic E-state index is 0.154. The van der Waals surface area contributed by atoms with E-state index in [0.717, 1.165) is 11.1 Å². The molecule has 0 saturated carbocycles. The van der Waals surface area contributed by atoms with Crippen LogP contribution in [0.25, 0.3) is 0 Å². The first-order chi connectivity index (χ1) is 7.83. The Balaban J connectivity index is 2.23. The number of ether oxygens (including phenoxy) is 1. The molecule has 1 aromatic carbocycles. The summed E-state index contributed by atoms with van der Waals surface area (Å²) >= 11 is 0. The quantitative estimate of drug-likeness (QED) is 0.856. The van der Waals surface area contributed by atoms with Gasteiger partial charge in [0.15, 0.2) is 0 Å². The molecule has 2 rings (SSSR count). The van der Waals surface area contributed by atoms with Crippen molar-refractivity contribution in [1.82, 2.24) is 0 Å². The van der Waals surface area contributed by atoms with Crippen molar-refractivity contribution in [2.75, 3.05) is 7.11 Å². The molecule has 16 heavy (non-hydrogen) atoms. The molecule has 0 radical (unpaired) electrons. The summed E-state index contributed by atoms with van der Waals surface area (Å²) in [6.07, 6.45) is 3.12. The first kappa shape index (κ1) is 10.9. The molecule has 0 bridgehead atoms. The maximum absolute atomic E-state index is 6.14. The van der Waals surface area contributed by atoms with Gasteiger partial charge in [0, 0.05) is 12.7 Å². The summed E-state index contributed by atoms with van der Waals surface area (Å²) in [6.45, 7) is 0. The molecule has 1 heterocycles. The predicted octanol–water partition coefficient (Wildman–Crippen LogP) is 2.67. The van der Waals surface area contributed by atoms with Gasteiger partial charge in [-0.3, -0.25) is 0 Å². The maximum Gasteiger partial charge on any atom is 0.101 e. The molecule has 3 nitrogen and oxygen atoms in total. The van der Waals surface area contributed by atoms with Gasteiger partial charge in [-0.2, -0.15) is 0 Å². The van der Waals surface area contributed by atoms with Gasteiger partial charge in [-0.05, 0) is 11.6 Å². The van der Waals surface area contributed by atoms with Gasteiger partial charge in [0.1, 0.15) is 6.10 Å². The number of furan rings is 1. The van der Waals surface area contributed by atoms with E-state index in [1.807, 2.05) is 36.4 Å². The van der Waals surface area contributed by atoms with E-state index in [2.05, 4.69) is 0 Å². The Morgan fingerprint density at radius 1 is 1.12 bits per heavy atom. The van der Waals surface area contributed by atoms with E-state index >= 15 is 0 Å². The standard InChI is InChI=1S/C13H15NO2/c1-15-13(10-5-3-2-4-6-10)12(14)11-7-8-16-9-11/h2-9,12-13H,14H2,1H3. The summed E-state index contributed by atoms with van der Waals surface area (Å²) in [6, 6.07) is 11.6. The van der Waals surface area contributed by atoms with Crippen LogP contribution < -0.4 is 5.73 Å². The summed E-state index contributed by atoms with van der Waals surface area (Å²) in [5.41, 5.74) is 8.15. The second kappa shape index (κ2) is 4.96. The Morgan fingerprint density at radius 2 is 1.88 bits per heavy atom. The minimum Gasteiger partial charge on any atom is -0.472 e. The monoisotopic (exact) mass is 217 g/mol. The molecule has 0 fully saturated rings. The Bertz CT molecular complexity index is 411. The number of methoxy groups -OCH3 is 1. The molecular weight excluding hydrogens is 202 g/mol. The fraction of sp³-hybridized carbons (Fsp3) is 0.231. The van der Waals surface area contributed by atoms with Gasteiger partial charge in [-0.25, -0.2) is 0 Å². The van der Waals surface area contributed by atoms with Crippen LogP contribution >= 0.6 is 0 Å². The molecule has 2 atom stereocenters. The Labute approximate surface area is 94.8 Å². The van der Waals surface area contributed by atoms with Crippen LogP contribution in [0.4, 0.5) is 0 Å². The van der Waals surface area contributed by atoms with Crippen molar-refractivity contribution in [3.8, 4) is 0 Å². The van der Waals surface area contributed by atoms with E-state index in [9.17, 15) is 0 Å². The largest absolute Gasteiger partial charge is 0.472 e. The normalized spacial score (nSPS) is 14.6. The summed E-state index contributed by atoms with van der Waals surface area (Å²) in [5.74, 6) is 0. The molecule has 0 saturated heterocycles. The molecule has 0 aliphatic rings. The fourth-order valence-electron chi connectivity index (χ4n) is 1.77. The second-order valence-corrected chi connectivity index (χ2v) is 3.65. The zero-order valence-corrected chi connectivity index (χ0v) is 9.17. The van der Waals surface area contributed by atoms with Gasteiger partial charge < -0.3 is 14.9 Å². The molecule has 2 aromatic rings. The van der Waals surface area contributed by atoms with Crippen LogP contribution in [0.3, 0.4) is 0 Å². The van der Waals surface area contributed by atoms with Crippen molar-refractivity contribution in [2.45, 2.75) is 12.1 Å². The molecule has 0 amide bonds. The van der Waals surface area contributed by atoms with Crippen LogP contribution in [0.1, 0.15) is 23.3 Å². The molecular formula is C13H15NO2. The second-order valence-electron chi connectivity index (χ2n) is 3.65. The lowest BCUT2D eigenvalue weighted by atomic mass is 9.98. The predicted molar refractivity (Wildman–Crippen MR) is 61.8 cm³/mol. The highest BCUT2D eigenvalue weighted by Gasteiger charge is 2.21. The van der Waals surface area contributed by atoms with Gasteiger partial charge >= 0.3 is 0 Å². The minimum atomic E-state index is -0.217. The highest BCUT2D eigenvalue weighted by Crippen LogP contribution is 2.29. The molecule has 2 N–H and O–H groups in total. The zero-order valence-electron chi connectivity index (χ0n) is 9.17. The molecule has 0 aliphatic carbocycles. The number of benzene rings is 1. The van der Waals surface area contributed by atoms with E-state index < -0.39 is 0 Å². The van der Waals surface area contributed by atoms with Crippen molar-refractivity contribution < 1.29 is 9.15 Å². The summed E-state index contributed by atoms with van der Waals surface area (Å²) in [4.78, 5) is 0. The van der Waals surface area contributed by atoms with E-state index in [4.69, 9.17) is 14.9 Å². The van der Waals surface area contributed by atoms with Crippen molar-refractivity contribution in [3.05, 3.63) is 60.1 Å². The van der Waals surface area contributed by atoms with Crippen LogP contribution in [0, 0.1) is 0 Å². The van der Waals surface area contributed by atoms with Crippen LogP contribution in [0.2, 0.25) is 0 Å². The molecule has 3 heteroatoms. The summed E-state index contributed by atoms with van der Waals surface area (Å²) < 4.78 is 10.5. The fourth-order valence-corrected chi connectivity index (χ4v) is 1.77. The average molecular weight is 217 g/mol. The third-order valence-electron chi connectivity index (χ3n) is 2.64. The van der Waals surface area contributed by atoms with E-state index in [1.165, 1.54) is 0 Å². The van der Waals surface area contributed by atoms with Crippen molar-refractivity contribution in [2.24, 2.45) is 5.73 Å². The van der Waals surface area contributed by atoms with E-state index in [-0.39, 0.29) is 12.1 Å². The van der Waals surface area contributed by atoms with Gasteiger partial charge in [0.25, 0.3) is 0 Å². The van der Waals surface area contributed by atoms with Gasteiger partial charge in [0.2, 0.25) is 0 Å². The highest BCUT2D eigenvalue weighted by atomic mass is 16.5. The molecule has 2 unspecified atom stereocenters. The number of nitrogens with two attached hydrogens (primary N) is 1. The highest BCUT2D eigenvalue weighted by molar-refractivity contribution is 5.23. The molecule has 84 valence electrons. The number of rotatable bonds is 4. The van der Waals surface area contributed by atoms with Crippen LogP contribution in [-0.4, -0.2) is 7.11 Å². The van der Waals surface area contributed by atoms with Crippen LogP contribution in [0.5, 0.6) is 0 Å². The first-order valence-electron chi connectivity index (χ1n) is 5.18. The van der Waals surface area contributed by atoms with Crippen molar-refractivity contribution >= 4 is 0 Å². The summed E-state index contributed by atoms with van der Waals surface area (Å²) in [7, 11) is 1.66. The van der Waals surface area contributed by atoms with Crippen LogP contribution in [0.15, 0.2) is 53.3 Å². The zero-order chi connectivity index (χ0) is 11.4. The van der Waals surface area contributed by atoms with Gasteiger partial charge in [0.05, 0.1) is 18.6 Å². The Hall–Kier alpha value is -1.58. The number of hydrogen-bond acceptors (Lipinski definition) is 3. The van der Waals surface area contributed by atoms with Gasteiger partial charge in [-0.1, -0.05) is 30.3 Å². The van der Waals surface area contributed by atoms with Crippen molar-refractivity contribution in [1.29, 1.82) is 0 Å². The SMILES string of the molecule is COC(c1ccccc1)C(N)c1ccoc1. The smallest absolute Gasteiger partial charge is 0.101 e. The lowest BCUT2D eigenvalue weighted by molar-refractivity contribution is 0.0800. The van der Waals surface area contributed by atoms with Crippen LogP contribution in [-0.2, 0) is 4.74 Å². The average Bonchev–Trinajstić information content (AvgIpc) is 2.85. The molecule has 1 aromatic heterocycles. The lowest BCUT2D eigenvalue weighted by Crippen LogP contribution is -2.20. The lowest BCUT2D eigenvalue weighted by Gasteiger charge is -2.21. The third-order valence-corrected chi connectivity index (χ3v) is 2.64. The Kier molecular flexibility index (Phi) is 3.39. The topological polar surface area (TPSA) is 48.4 Å². The van der Waals surface area contributed by atoms with Gasteiger partial charge in [-0.15, -0.1) is 0 Å². The molecule has 0 aliphatic heterocycles. The van der Waals surface area contributed by atoms with E-state index in [1.54, 1.807) is 19.6 Å². The maximum atomic E-state index is 6.14. The van der Waals surface area contributed by atoms with E-state index in [0.29, 0.717) is 0 Å². The molecule has 0 spiro atoms.